The monoisotopic (exact) mass is 410 g/mol. The summed E-state index contributed by atoms with van der Waals surface area (Å²) < 4.78 is 7.27. The maximum absolute atomic E-state index is 12.4. The molecule has 0 saturated carbocycles. The second-order valence-corrected chi connectivity index (χ2v) is 7.28. The van der Waals surface area contributed by atoms with Crippen molar-refractivity contribution in [2.45, 2.75) is 13.1 Å². The standard InChI is InChI=1S/C22H23ClN4O2/c23-22-19(27-10-4-3-7-20(27)25-22)8-9-21(28)24-15-17-5-1-2-6-18(17)16-26-11-13-29-14-12-26/h1-10H,11-16H2,(H,24,28)/b9-8+. The minimum Gasteiger partial charge on any atom is -0.379 e. The Balaban J connectivity index is 1.39. The lowest BCUT2D eigenvalue weighted by Crippen LogP contribution is -2.36. The van der Waals surface area contributed by atoms with E-state index in [1.165, 1.54) is 11.6 Å². The van der Waals surface area contributed by atoms with Crippen molar-refractivity contribution in [3.05, 3.63) is 76.7 Å². The van der Waals surface area contributed by atoms with Crippen LogP contribution >= 0.6 is 11.6 Å². The maximum Gasteiger partial charge on any atom is 0.244 e. The second-order valence-electron chi connectivity index (χ2n) is 6.93. The minimum atomic E-state index is -0.173. The third-order valence-corrected chi connectivity index (χ3v) is 5.26. The molecule has 2 aromatic heterocycles. The number of halogens is 1. The highest BCUT2D eigenvalue weighted by Gasteiger charge is 2.13. The Morgan fingerprint density at radius 2 is 1.90 bits per heavy atom. The molecule has 1 amide bonds. The lowest BCUT2D eigenvalue weighted by atomic mass is 10.1. The van der Waals surface area contributed by atoms with Crippen LogP contribution in [-0.4, -0.2) is 46.5 Å². The molecule has 0 bridgehead atoms. The first-order valence-corrected chi connectivity index (χ1v) is 10.0. The third-order valence-electron chi connectivity index (χ3n) is 4.98. The molecular weight excluding hydrogens is 388 g/mol. The van der Waals surface area contributed by atoms with Crippen LogP contribution < -0.4 is 5.32 Å². The molecule has 1 aliphatic heterocycles. The SMILES string of the molecule is O=C(/C=C/c1c(Cl)nc2ccccn12)NCc1ccccc1CN1CCOCC1. The first kappa shape index (κ1) is 19.6. The molecule has 7 heteroatoms. The number of ether oxygens (including phenoxy) is 1. The third kappa shape index (κ3) is 4.85. The van der Waals surface area contributed by atoms with E-state index in [-0.39, 0.29) is 5.91 Å². The molecule has 0 unspecified atom stereocenters. The van der Waals surface area contributed by atoms with Crippen LogP contribution in [0.3, 0.4) is 0 Å². The summed E-state index contributed by atoms with van der Waals surface area (Å²) >= 11 is 6.21. The first-order valence-electron chi connectivity index (χ1n) is 9.66. The number of hydrogen-bond donors (Lipinski definition) is 1. The molecule has 6 nitrogen and oxygen atoms in total. The Bertz CT molecular complexity index is 1020. The second kappa shape index (κ2) is 9.22. The normalized spacial score (nSPS) is 15.2. The highest BCUT2D eigenvalue weighted by molar-refractivity contribution is 6.31. The molecular formula is C22H23ClN4O2. The molecule has 0 atom stereocenters. The van der Waals surface area contributed by atoms with E-state index in [0.29, 0.717) is 17.4 Å². The number of nitrogens with zero attached hydrogens (tertiary/aromatic N) is 3. The molecule has 1 aromatic carbocycles. The van der Waals surface area contributed by atoms with Crippen LogP contribution in [0.2, 0.25) is 5.15 Å². The number of nitrogens with one attached hydrogen (secondary N) is 1. The van der Waals surface area contributed by atoms with E-state index < -0.39 is 0 Å². The summed E-state index contributed by atoms with van der Waals surface area (Å²) in [5, 5.41) is 3.34. The summed E-state index contributed by atoms with van der Waals surface area (Å²) in [5.41, 5.74) is 3.77. The zero-order valence-corrected chi connectivity index (χ0v) is 16.8. The Kier molecular flexibility index (Phi) is 6.24. The number of morpholine rings is 1. The van der Waals surface area contributed by atoms with Crippen LogP contribution in [0.5, 0.6) is 0 Å². The van der Waals surface area contributed by atoms with E-state index in [0.717, 1.165) is 44.1 Å². The average Bonchev–Trinajstić information content (AvgIpc) is 3.07. The van der Waals surface area contributed by atoms with Crippen molar-refractivity contribution in [2.75, 3.05) is 26.3 Å². The number of aromatic nitrogens is 2. The average molecular weight is 411 g/mol. The molecule has 1 fully saturated rings. The van der Waals surface area contributed by atoms with Gasteiger partial charge in [-0.25, -0.2) is 4.98 Å². The summed E-state index contributed by atoms with van der Waals surface area (Å²) in [7, 11) is 0. The molecule has 4 rings (SSSR count). The fraction of sp³-hybridized carbons (Fsp3) is 0.273. The Labute approximate surface area is 174 Å². The first-order chi connectivity index (χ1) is 14.2. The van der Waals surface area contributed by atoms with Gasteiger partial charge in [-0.3, -0.25) is 14.1 Å². The molecule has 1 aliphatic rings. The molecule has 150 valence electrons. The van der Waals surface area contributed by atoms with Crippen LogP contribution in [-0.2, 0) is 22.6 Å². The highest BCUT2D eigenvalue weighted by atomic mass is 35.5. The number of imidazole rings is 1. The van der Waals surface area contributed by atoms with Gasteiger partial charge in [0.2, 0.25) is 5.91 Å². The van der Waals surface area contributed by atoms with E-state index in [2.05, 4.69) is 27.3 Å². The van der Waals surface area contributed by atoms with Crippen molar-refractivity contribution in [1.82, 2.24) is 19.6 Å². The number of amides is 1. The Morgan fingerprint density at radius 3 is 2.72 bits per heavy atom. The van der Waals surface area contributed by atoms with Gasteiger partial charge in [0.05, 0.1) is 18.9 Å². The van der Waals surface area contributed by atoms with Gasteiger partial charge in [-0.15, -0.1) is 0 Å². The number of hydrogen-bond acceptors (Lipinski definition) is 4. The fourth-order valence-electron chi connectivity index (χ4n) is 3.42. The van der Waals surface area contributed by atoms with Gasteiger partial charge < -0.3 is 10.1 Å². The molecule has 29 heavy (non-hydrogen) atoms. The molecule has 3 heterocycles. The van der Waals surface area contributed by atoms with Gasteiger partial charge in [0.15, 0.2) is 5.15 Å². The largest absolute Gasteiger partial charge is 0.379 e. The van der Waals surface area contributed by atoms with Crippen LogP contribution in [0.25, 0.3) is 11.7 Å². The molecule has 0 radical (unpaired) electrons. The Morgan fingerprint density at radius 1 is 1.14 bits per heavy atom. The summed E-state index contributed by atoms with van der Waals surface area (Å²) in [6.45, 7) is 4.76. The smallest absolute Gasteiger partial charge is 0.244 e. The quantitative estimate of drug-likeness (QED) is 0.634. The van der Waals surface area contributed by atoms with Crippen LogP contribution in [0.4, 0.5) is 0 Å². The van der Waals surface area contributed by atoms with Crippen molar-refractivity contribution < 1.29 is 9.53 Å². The van der Waals surface area contributed by atoms with Crippen LogP contribution in [0.15, 0.2) is 54.7 Å². The van der Waals surface area contributed by atoms with Crippen molar-refractivity contribution in [1.29, 1.82) is 0 Å². The van der Waals surface area contributed by atoms with Crippen LogP contribution in [0.1, 0.15) is 16.8 Å². The predicted molar refractivity (Wildman–Crippen MR) is 114 cm³/mol. The zero-order valence-electron chi connectivity index (χ0n) is 16.1. The number of pyridine rings is 1. The molecule has 1 N–H and O–H groups in total. The van der Waals surface area contributed by atoms with E-state index in [1.807, 2.05) is 40.9 Å². The van der Waals surface area contributed by atoms with Gasteiger partial charge in [0.25, 0.3) is 0 Å². The van der Waals surface area contributed by atoms with Crippen molar-refractivity contribution in [2.24, 2.45) is 0 Å². The maximum atomic E-state index is 12.4. The number of benzene rings is 1. The summed E-state index contributed by atoms with van der Waals surface area (Å²) in [4.78, 5) is 19.0. The number of carbonyl (C=O) groups is 1. The lowest BCUT2D eigenvalue weighted by molar-refractivity contribution is -0.116. The Hall–Kier alpha value is -2.67. The predicted octanol–water partition coefficient (Wildman–Crippen LogP) is 3.15. The number of rotatable bonds is 6. The summed E-state index contributed by atoms with van der Waals surface area (Å²) in [6.07, 6.45) is 5.05. The van der Waals surface area contributed by atoms with E-state index in [1.54, 1.807) is 6.08 Å². The molecule has 0 aliphatic carbocycles. The van der Waals surface area contributed by atoms with E-state index in [4.69, 9.17) is 16.3 Å². The van der Waals surface area contributed by atoms with Crippen molar-refractivity contribution in [3.8, 4) is 0 Å². The highest BCUT2D eigenvalue weighted by Crippen LogP contribution is 2.19. The van der Waals surface area contributed by atoms with Gasteiger partial charge in [-0.1, -0.05) is 41.9 Å². The molecule has 3 aromatic rings. The van der Waals surface area contributed by atoms with Gasteiger partial charge in [0, 0.05) is 38.5 Å². The van der Waals surface area contributed by atoms with Gasteiger partial charge in [-0.2, -0.15) is 0 Å². The van der Waals surface area contributed by atoms with Gasteiger partial charge >= 0.3 is 0 Å². The van der Waals surface area contributed by atoms with E-state index in [9.17, 15) is 4.79 Å². The minimum absolute atomic E-state index is 0.173. The van der Waals surface area contributed by atoms with Crippen molar-refractivity contribution in [3.63, 3.8) is 0 Å². The van der Waals surface area contributed by atoms with Crippen LogP contribution in [0, 0.1) is 0 Å². The lowest BCUT2D eigenvalue weighted by Gasteiger charge is -2.27. The van der Waals surface area contributed by atoms with E-state index >= 15 is 0 Å². The fourth-order valence-corrected chi connectivity index (χ4v) is 3.66. The number of fused-ring (bicyclic) bond motifs is 1. The summed E-state index contributed by atoms with van der Waals surface area (Å²) in [6, 6.07) is 13.9. The molecule has 1 saturated heterocycles. The van der Waals surface area contributed by atoms with Crippen molar-refractivity contribution >= 4 is 29.2 Å². The van der Waals surface area contributed by atoms with Gasteiger partial charge in [-0.05, 0) is 29.3 Å². The topological polar surface area (TPSA) is 58.9 Å². The molecule has 0 spiro atoms. The summed E-state index contributed by atoms with van der Waals surface area (Å²) in [5.74, 6) is -0.173. The number of carbonyl (C=O) groups excluding carboxylic acids is 1. The zero-order chi connectivity index (χ0) is 20.1. The van der Waals surface area contributed by atoms with Gasteiger partial charge in [0.1, 0.15) is 5.65 Å².